The number of non-ortho nitro benzene ring substituents is 1. The van der Waals surface area contributed by atoms with E-state index in [0.29, 0.717) is 28.3 Å². The third-order valence-corrected chi connectivity index (χ3v) is 4.24. The van der Waals surface area contributed by atoms with Crippen LogP contribution in [0, 0.1) is 10.1 Å². The summed E-state index contributed by atoms with van der Waals surface area (Å²) in [6.45, 7) is 2.16. The molecule has 0 aromatic heterocycles. The summed E-state index contributed by atoms with van der Waals surface area (Å²) in [5, 5.41) is 14.8. The number of rotatable bonds is 9. The molecular formula is C19H21BrN4O5. The van der Waals surface area contributed by atoms with E-state index < -0.39 is 4.92 Å². The zero-order chi connectivity index (χ0) is 21.4. The molecule has 0 atom stereocenters. The van der Waals surface area contributed by atoms with Crippen molar-refractivity contribution in [3.8, 4) is 11.5 Å². The number of benzene rings is 2. The number of nitrogens with zero attached hydrogens (tertiary/aromatic N) is 3. The minimum Gasteiger partial charge on any atom is -0.490 e. The first-order valence-electron chi connectivity index (χ1n) is 8.64. The molecule has 0 saturated carbocycles. The molecule has 1 amide bonds. The number of hydrogen-bond acceptors (Lipinski definition) is 7. The fraction of sp³-hybridized carbons (Fsp3) is 0.263. The van der Waals surface area contributed by atoms with Gasteiger partial charge < -0.3 is 14.4 Å². The van der Waals surface area contributed by atoms with E-state index in [9.17, 15) is 14.9 Å². The smallest absolute Gasteiger partial charge is 0.269 e. The molecule has 0 aliphatic heterocycles. The van der Waals surface area contributed by atoms with Gasteiger partial charge in [0.1, 0.15) is 0 Å². The quantitative estimate of drug-likeness (QED) is 0.344. The van der Waals surface area contributed by atoms with Crippen molar-refractivity contribution in [3.05, 3.63) is 56.5 Å². The molecule has 0 spiro atoms. The third kappa shape index (κ3) is 6.46. The summed E-state index contributed by atoms with van der Waals surface area (Å²) in [4.78, 5) is 23.4. The van der Waals surface area contributed by atoms with Gasteiger partial charge in [0.05, 0.1) is 27.9 Å². The van der Waals surface area contributed by atoms with E-state index in [0.717, 1.165) is 5.56 Å². The van der Waals surface area contributed by atoms with Crippen molar-refractivity contribution >= 4 is 39.4 Å². The predicted octanol–water partition coefficient (Wildman–Crippen LogP) is 3.67. The Bertz CT molecular complexity index is 900. The molecule has 0 unspecified atom stereocenters. The van der Waals surface area contributed by atoms with Gasteiger partial charge in [-0.25, -0.2) is 0 Å². The molecule has 29 heavy (non-hydrogen) atoms. The second-order valence-electron chi connectivity index (χ2n) is 6.01. The number of halogens is 1. The molecule has 0 bridgehead atoms. The van der Waals surface area contributed by atoms with Crippen LogP contribution in [0.3, 0.4) is 0 Å². The third-order valence-electron chi connectivity index (χ3n) is 3.66. The Hall–Kier alpha value is -3.14. The second-order valence-corrected chi connectivity index (χ2v) is 6.87. The Balaban J connectivity index is 2.13. The number of nitrogens with one attached hydrogen (secondary N) is 1. The fourth-order valence-electron chi connectivity index (χ4n) is 2.17. The van der Waals surface area contributed by atoms with E-state index in [4.69, 9.17) is 9.47 Å². The summed E-state index contributed by atoms with van der Waals surface area (Å²) in [6.07, 6.45) is 1.57. The standard InChI is InChI=1S/C19H21BrN4O5/c1-4-28-17-10-13(9-16(20)19(17)29-12-18(25)23(2)3)11-21-22-14-5-7-15(8-6-14)24(26)27/h5-11,22H,4,12H2,1-3H3/b21-11+. The maximum Gasteiger partial charge on any atom is 0.269 e. The Morgan fingerprint density at radius 3 is 2.55 bits per heavy atom. The lowest BCUT2D eigenvalue weighted by Gasteiger charge is -2.16. The molecule has 0 radical (unpaired) electrons. The number of carbonyl (C=O) groups excluding carboxylic acids is 1. The summed E-state index contributed by atoms with van der Waals surface area (Å²) < 4.78 is 11.9. The highest BCUT2D eigenvalue weighted by molar-refractivity contribution is 9.10. The van der Waals surface area contributed by atoms with Crippen LogP contribution in [0.15, 0.2) is 46.0 Å². The van der Waals surface area contributed by atoms with Gasteiger partial charge in [-0.1, -0.05) is 0 Å². The molecule has 2 aromatic rings. The molecule has 9 nitrogen and oxygen atoms in total. The van der Waals surface area contributed by atoms with Gasteiger partial charge in [0.25, 0.3) is 11.6 Å². The van der Waals surface area contributed by atoms with Gasteiger partial charge in [-0.3, -0.25) is 20.3 Å². The van der Waals surface area contributed by atoms with E-state index in [1.807, 2.05) is 6.92 Å². The predicted molar refractivity (Wildman–Crippen MR) is 114 cm³/mol. The van der Waals surface area contributed by atoms with Crippen LogP contribution in [0.2, 0.25) is 0 Å². The van der Waals surface area contributed by atoms with Gasteiger partial charge in [0, 0.05) is 26.2 Å². The monoisotopic (exact) mass is 464 g/mol. The number of anilines is 1. The highest BCUT2D eigenvalue weighted by Crippen LogP contribution is 2.36. The van der Waals surface area contributed by atoms with Crippen molar-refractivity contribution in [1.29, 1.82) is 0 Å². The average Bonchev–Trinajstić information content (AvgIpc) is 2.67. The Morgan fingerprint density at radius 2 is 1.97 bits per heavy atom. The van der Waals surface area contributed by atoms with Crippen LogP contribution in [0.5, 0.6) is 11.5 Å². The minimum absolute atomic E-state index is 0.00755. The first-order chi connectivity index (χ1) is 13.8. The second kappa shape index (κ2) is 10.4. The molecule has 2 rings (SSSR count). The molecule has 0 aliphatic rings. The maximum absolute atomic E-state index is 11.8. The molecule has 1 N–H and O–H groups in total. The zero-order valence-corrected chi connectivity index (χ0v) is 17.8. The van der Waals surface area contributed by atoms with Gasteiger partial charge >= 0.3 is 0 Å². The summed E-state index contributed by atoms with van der Waals surface area (Å²) in [7, 11) is 3.31. The molecule has 0 saturated heterocycles. The number of hydrogen-bond donors (Lipinski definition) is 1. The van der Waals surface area contributed by atoms with Crippen molar-refractivity contribution in [3.63, 3.8) is 0 Å². The van der Waals surface area contributed by atoms with E-state index in [2.05, 4.69) is 26.5 Å². The Labute approximate surface area is 176 Å². The Kier molecular flexibility index (Phi) is 7.96. The number of nitro benzene ring substituents is 1. The van der Waals surface area contributed by atoms with Gasteiger partial charge in [0.2, 0.25) is 0 Å². The highest BCUT2D eigenvalue weighted by Gasteiger charge is 2.14. The van der Waals surface area contributed by atoms with Crippen LogP contribution < -0.4 is 14.9 Å². The molecule has 0 fully saturated rings. The molecule has 2 aromatic carbocycles. The highest BCUT2D eigenvalue weighted by atomic mass is 79.9. The van der Waals surface area contributed by atoms with Crippen LogP contribution in [-0.2, 0) is 4.79 Å². The normalized spacial score (nSPS) is 10.6. The first kappa shape index (κ1) is 22.2. The van der Waals surface area contributed by atoms with Gasteiger partial charge in [-0.05, 0) is 52.7 Å². The first-order valence-corrected chi connectivity index (χ1v) is 9.44. The van der Waals surface area contributed by atoms with Crippen LogP contribution in [0.1, 0.15) is 12.5 Å². The van der Waals surface area contributed by atoms with E-state index in [1.165, 1.54) is 17.0 Å². The lowest BCUT2D eigenvalue weighted by atomic mass is 10.2. The van der Waals surface area contributed by atoms with Crippen molar-refractivity contribution in [2.45, 2.75) is 6.92 Å². The number of nitro groups is 1. The fourth-order valence-corrected chi connectivity index (χ4v) is 2.74. The molecule has 0 heterocycles. The van der Waals surface area contributed by atoms with E-state index >= 15 is 0 Å². The zero-order valence-electron chi connectivity index (χ0n) is 16.2. The van der Waals surface area contributed by atoms with Crippen LogP contribution in [0.4, 0.5) is 11.4 Å². The van der Waals surface area contributed by atoms with Gasteiger partial charge in [0.15, 0.2) is 18.1 Å². The number of ether oxygens (including phenoxy) is 2. The Morgan fingerprint density at radius 1 is 1.28 bits per heavy atom. The summed E-state index contributed by atoms with van der Waals surface area (Å²) >= 11 is 3.44. The van der Waals surface area contributed by atoms with Crippen LogP contribution in [-0.4, -0.2) is 49.3 Å². The summed E-state index contributed by atoms with van der Waals surface area (Å²) in [5.74, 6) is 0.741. The van der Waals surface area contributed by atoms with Crippen molar-refractivity contribution in [1.82, 2.24) is 4.90 Å². The minimum atomic E-state index is -0.463. The van der Waals surface area contributed by atoms with Crippen molar-refractivity contribution in [2.75, 3.05) is 32.7 Å². The van der Waals surface area contributed by atoms with Gasteiger partial charge in [-0.15, -0.1) is 0 Å². The van der Waals surface area contributed by atoms with Crippen molar-refractivity contribution < 1.29 is 19.2 Å². The number of amides is 1. The van der Waals surface area contributed by atoms with E-state index in [-0.39, 0.29) is 18.2 Å². The van der Waals surface area contributed by atoms with Gasteiger partial charge in [-0.2, -0.15) is 5.10 Å². The lowest BCUT2D eigenvalue weighted by molar-refractivity contribution is -0.384. The lowest BCUT2D eigenvalue weighted by Crippen LogP contribution is -2.27. The maximum atomic E-state index is 11.8. The molecule has 154 valence electrons. The summed E-state index contributed by atoms with van der Waals surface area (Å²) in [5.41, 5.74) is 4.15. The SMILES string of the molecule is CCOc1cc(/C=N/Nc2ccc([N+](=O)[O-])cc2)cc(Br)c1OCC(=O)N(C)C. The van der Waals surface area contributed by atoms with E-state index in [1.54, 1.807) is 44.6 Å². The topological polar surface area (TPSA) is 106 Å². The number of hydrazone groups is 1. The molecular weight excluding hydrogens is 444 g/mol. The number of carbonyl (C=O) groups is 1. The summed E-state index contributed by atoms with van der Waals surface area (Å²) in [6, 6.07) is 9.43. The van der Waals surface area contributed by atoms with Crippen LogP contribution in [0.25, 0.3) is 0 Å². The van der Waals surface area contributed by atoms with Crippen molar-refractivity contribution in [2.24, 2.45) is 5.10 Å². The number of likely N-dealkylation sites (N-methyl/N-ethyl adjacent to an activating group) is 1. The average molecular weight is 465 g/mol. The largest absolute Gasteiger partial charge is 0.490 e. The molecule has 10 heteroatoms. The molecule has 0 aliphatic carbocycles. The van der Waals surface area contributed by atoms with Crippen LogP contribution >= 0.6 is 15.9 Å².